The average Bonchev–Trinajstić information content (AvgIpc) is 2.61. The van der Waals surface area contributed by atoms with Gasteiger partial charge in [0.2, 0.25) is 0 Å². The molecular formula is C18H22N2O4. The van der Waals surface area contributed by atoms with E-state index in [4.69, 9.17) is 4.74 Å². The first-order chi connectivity index (χ1) is 11.6. The van der Waals surface area contributed by atoms with E-state index in [1.807, 2.05) is 42.5 Å². The van der Waals surface area contributed by atoms with Crippen LogP contribution in [0.5, 0.6) is 0 Å². The highest BCUT2D eigenvalue weighted by Crippen LogP contribution is 2.25. The molecule has 1 unspecified atom stereocenters. The van der Waals surface area contributed by atoms with Gasteiger partial charge in [0.15, 0.2) is 0 Å². The smallest absolute Gasteiger partial charge is 0.309 e. The molecule has 0 saturated carbocycles. The zero-order valence-electron chi connectivity index (χ0n) is 13.6. The zero-order chi connectivity index (χ0) is 17.4. The lowest BCUT2D eigenvalue weighted by Gasteiger charge is -2.14. The number of carbonyl (C=O) groups is 2. The van der Waals surface area contributed by atoms with E-state index in [0.29, 0.717) is 13.0 Å². The van der Waals surface area contributed by atoms with E-state index in [0.717, 1.165) is 16.3 Å². The quantitative estimate of drug-likeness (QED) is 0.525. The second kappa shape index (κ2) is 9.00. The number of aliphatic hydroxyl groups excluding tert-OH is 1. The maximum atomic E-state index is 11.6. The first-order valence-corrected chi connectivity index (χ1v) is 7.84. The Morgan fingerprint density at radius 1 is 1.04 bits per heavy atom. The maximum absolute atomic E-state index is 11.6. The van der Waals surface area contributed by atoms with E-state index in [1.54, 1.807) is 0 Å². The van der Waals surface area contributed by atoms with Crippen LogP contribution in [0.4, 0.5) is 0 Å². The van der Waals surface area contributed by atoms with Crippen molar-refractivity contribution in [3.8, 4) is 0 Å². The predicted molar refractivity (Wildman–Crippen MR) is 91.4 cm³/mol. The number of fused-ring (bicyclic) bond motifs is 1. The number of ether oxygens (including phenoxy) is 1. The number of benzene rings is 2. The second-order valence-electron chi connectivity index (χ2n) is 5.38. The van der Waals surface area contributed by atoms with Gasteiger partial charge in [0.25, 0.3) is 0 Å². The summed E-state index contributed by atoms with van der Waals surface area (Å²) in [4.78, 5) is 23.1. The molecule has 3 N–H and O–H groups in total. The van der Waals surface area contributed by atoms with Crippen LogP contribution in [0.3, 0.4) is 0 Å². The third-order valence-corrected chi connectivity index (χ3v) is 3.68. The molecule has 2 rings (SSSR count). The fourth-order valence-corrected chi connectivity index (χ4v) is 2.45. The molecule has 0 radical (unpaired) electrons. The number of carbonyl (C=O) groups excluding carboxylic acids is 2. The van der Waals surface area contributed by atoms with Crippen molar-refractivity contribution in [1.82, 2.24) is 10.6 Å². The minimum Gasteiger partial charge on any atom is -0.388 e. The van der Waals surface area contributed by atoms with Crippen molar-refractivity contribution in [3.05, 3.63) is 48.0 Å². The number of rotatable bonds is 7. The molecule has 128 valence electrons. The molecule has 2 amide bonds. The summed E-state index contributed by atoms with van der Waals surface area (Å²) in [5.74, 6) is -1.41. The Hall–Kier alpha value is -2.44. The van der Waals surface area contributed by atoms with Gasteiger partial charge < -0.3 is 20.5 Å². The third kappa shape index (κ3) is 4.78. The Bertz CT molecular complexity index is 697. The first kappa shape index (κ1) is 17.9. The van der Waals surface area contributed by atoms with Crippen LogP contribution >= 0.6 is 0 Å². The number of methoxy groups -OCH3 is 1. The van der Waals surface area contributed by atoms with Crippen molar-refractivity contribution in [2.75, 3.05) is 26.8 Å². The van der Waals surface area contributed by atoms with Crippen LogP contribution < -0.4 is 10.6 Å². The number of hydrogen-bond acceptors (Lipinski definition) is 4. The standard InChI is InChI=1S/C18H22N2O4/c1-24-12-11-20-18(23)17(22)19-10-9-16(21)15-8-4-6-13-5-2-3-7-14(13)15/h2-8,16,21H,9-12H2,1H3,(H,19,22)(H,20,23). The molecule has 0 aromatic heterocycles. The van der Waals surface area contributed by atoms with Crippen LogP contribution in [0.2, 0.25) is 0 Å². The lowest BCUT2D eigenvalue weighted by Crippen LogP contribution is -2.41. The molecule has 6 nitrogen and oxygen atoms in total. The maximum Gasteiger partial charge on any atom is 0.309 e. The highest BCUT2D eigenvalue weighted by Gasteiger charge is 2.14. The van der Waals surface area contributed by atoms with Gasteiger partial charge in [-0.1, -0.05) is 42.5 Å². The van der Waals surface area contributed by atoms with Crippen LogP contribution in [0.1, 0.15) is 18.1 Å². The van der Waals surface area contributed by atoms with Gasteiger partial charge in [0.1, 0.15) is 0 Å². The summed E-state index contributed by atoms with van der Waals surface area (Å²) in [5.41, 5.74) is 0.812. The molecule has 1 atom stereocenters. The summed E-state index contributed by atoms with van der Waals surface area (Å²) in [6.45, 7) is 0.834. The topological polar surface area (TPSA) is 87.7 Å². The van der Waals surface area contributed by atoms with Gasteiger partial charge in [-0.3, -0.25) is 9.59 Å². The van der Waals surface area contributed by atoms with Gasteiger partial charge in [0, 0.05) is 20.2 Å². The molecular weight excluding hydrogens is 308 g/mol. The van der Waals surface area contributed by atoms with Gasteiger partial charge in [-0.15, -0.1) is 0 Å². The van der Waals surface area contributed by atoms with Crippen LogP contribution in [-0.2, 0) is 14.3 Å². The van der Waals surface area contributed by atoms with Gasteiger partial charge in [0.05, 0.1) is 12.7 Å². The van der Waals surface area contributed by atoms with Crippen LogP contribution in [0, 0.1) is 0 Å². The van der Waals surface area contributed by atoms with E-state index in [2.05, 4.69) is 10.6 Å². The Morgan fingerprint density at radius 3 is 2.46 bits per heavy atom. The highest BCUT2D eigenvalue weighted by molar-refractivity contribution is 6.35. The largest absolute Gasteiger partial charge is 0.388 e. The average molecular weight is 330 g/mol. The Morgan fingerprint density at radius 2 is 1.71 bits per heavy atom. The minimum absolute atomic E-state index is 0.209. The molecule has 0 aliphatic carbocycles. The fraction of sp³-hybridized carbons (Fsp3) is 0.333. The summed E-state index contributed by atoms with van der Waals surface area (Å²) < 4.78 is 4.79. The molecule has 24 heavy (non-hydrogen) atoms. The SMILES string of the molecule is COCCNC(=O)C(=O)NCCC(O)c1cccc2ccccc12. The fourth-order valence-electron chi connectivity index (χ4n) is 2.45. The van der Waals surface area contributed by atoms with E-state index in [1.165, 1.54) is 7.11 Å². The van der Waals surface area contributed by atoms with Crippen molar-refractivity contribution < 1.29 is 19.4 Å². The Balaban J connectivity index is 1.85. The molecule has 6 heteroatoms. The lowest BCUT2D eigenvalue weighted by atomic mass is 9.99. The molecule has 0 aliphatic heterocycles. The molecule has 0 aliphatic rings. The van der Waals surface area contributed by atoms with E-state index in [-0.39, 0.29) is 13.1 Å². The van der Waals surface area contributed by atoms with Gasteiger partial charge in [-0.05, 0) is 22.8 Å². The minimum atomic E-state index is -0.715. The first-order valence-electron chi connectivity index (χ1n) is 7.84. The molecule has 0 heterocycles. The highest BCUT2D eigenvalue weighted by atomic mass is 16.5. The summed E-state index contributed by atoms with van der Waals surface area (Å²) in [5, 5.41) is 17.4. The number of nitrogens with one attached hydrogen (secondary N) is 2. The number of aliphatic hydroxyl groups is 1. The van der Waals surface area contributed by atoms with Crippen molar-refractivity contribution in [3.63, 3.8) is 0 Å². The Labute approximate surface area is 140 Å². The number of amides is 2. The molecule has 2 aromatic rings. The molecule has 2 aromatic carbocycles. The van der Waals surface area contributed by atoms with Crippen LogP contribution in [-0.4, -0.2) is 43.7 Å². The summed E-state index contributed by atoms with van der Waals surface area (Å²) in [7, 11) is 1.51. The molecule has 0 saturated heterocycles. The van der Waals surface area contributed by atoms with E-state index >= 15 is 0 Å². The van der Waals surface area contributed by atoms with Gasteiger partial charge in [-0.25, -0.2) is 0 Å². The van der Waals surface area contributed by atoms with E-state index < -0.39 is 17.9 Å². The Kier molecular flexibility index (Phi) is 6.72. The zero-order valence-corrected chi connectivity index (χ0v) is 13.6. The molecule has 0 bridgehead atoms. The van der Waals surface area contributed by atoms with Crippen molar-refractivity contribution in [1.29, 1.82) is 0 Å². The molecule has 0 spiro atoms. The van der Waals surface area contributed by atoms with Gasteiger partial charge in [-0.2, -0.15) is 0 Å². The number of hydrogen-bond donors (Lipinski definition) is 3. The summed E-state index contributed by atoms with van der Waals surface area (Å²) >= 11 is 0. The predicted octanol–water partition coefficient (Wildman–Crippen LogP) is 1.14. The van der Waals surface area contributed by atoms with Gasteiger partial charge >= 0.3 is 11.8 Å². The van der Waals surface area contributed by atoms with Crippen molar-refractivity contribution in [2.24, 2.45) is 0 Å². The monoisotopic (exact) mass is 330 g/mol. The van der Waals surface area contributed by atoms with Crippen LogP contribution in [0.25, 0.3) is 10.8 Å². The summed E-state index contributed by atoms with van der Waals surface area (Å²) in [6.07, 6.45) is -0.390. The van der Waals surface area contributed by atoms with Crippen molar-refractivity contribution >= 4 is 22.6 Å². The normalized spacial score (nSPS) is 11.9. The summed E-state index contributed by atoms with van der Waals surface area (Å²) in [6, 6.07) is 13.5. The second-order valence-corrected chi connectivity index (χ2v) is 5.38. The third-order valence-electron chi connectivity index (χ3n) is 3.68. The van der Waals surface area contributed by atoms with E-state index in [9.17, 15) is 14.7 Å². The van der Waals surface area contributed by atoms with Crippen molar-refractivity contribution in [2.45, 2.75) is 12.5 Å². The van der Waals surface area contributed by atoms with Crippen LogP contribution in [0.15, 0.2) is 42.5 Å². The lowest BCUT2D eigenvalue weighted by molar-refractivity contribution is -0.139. The molecule has 0 fully saturated rings.